The van der Waals surface area contributed by atoms with Crippen LogP contribution in [0.3, 0.4) is 0 Å². The maximum atomic E-state index is 13.9. The highest BCUT2D eigenvalue weighted by molar-refractivity contribution is 5.76. The van der Waals surface area contributed by atoms with Crippen LogP contribution in [0, 0.1) is 5.82 Å². The maximum absolute atomic E-state index is 13.9. The Labute approximate surface area is 124 Å². The third kappa shape index (κ3) is 2.85. The molecule has 0 aliphatic rings. The van der Waals surface area contributed by atoms with E-state index in [1.807, 2.05) is 0 Å². The molecule has 0 radical (unpaired) electrons. The molecule has 2 aromatic rings. The molecular formula is C15H14F4N2O. The van der Waals surface area contributed by atoms with Gasteiger partial charge in [0.2, 0.25) is 0 Å². The Morgan fingerprint density at radius 2 is 1.73 bits per heavy atom. The number of anilines is 1. The summed E-state index contributed by atoms with van der Waals surface area (Å²) >= 11 is 0. The number of halogens is 4. The highest BCUT2D eigenvalue weighted by Crippen LogP contribution is 2.44. The molecule has 0 heterocycles. The molecule has 1 unspecified atom stereocenters. The third-order valence-corrected chi connectivity index (χ3v) is 3.26. The lowest BCUT2D eigenvalue weighted by atomic mass is 9.93. The van der Waals surface area contributed by atoms with E-state index >= 15 is 0 Å². The first kappa shape index (κ1) is 16.1. The average molecular weight is 314 g/mol. The van der Waals surface area contributed by atoms with Gasteiger partial charge in [0, 0.05) is 5.56 Å². The van der Waals surface area contributed by atoms with Crippen molar-refractivity contribution in [3.63, 3.8) is 0 Å². The summed E-state index contributed by atoms with van der Waals surface area (Å²) in [6.45, 7) is 0. The largest absolute Gasteiger partial charge is 0.494 e. The molecule has 0 bridgehead atoms. The van der Waals surface area contributed by atoms with Crippen molar-refractivity contribution in [1.82, 2.24) is 0 Å². The van der Waals surface area contributed by atoms with Crippen molar-refractivity contribution in [1.29, 1.82) is 0 Å². The molecule has 3 nitrogen and oxygen atoms in total. The number of alkyl halides is 3. The van der Waals surface area contributed by atoms with E-state index in [0.29, 0.717) is 5.56 Å². The zero-order chi connectivity index (χ0) is 16.5. The smallest absolute Gasteiger partial charge is 0.407 e. The van der Waals surface area contributed by atoms with Crippen LogP contribution in [0.5, 0.6) is 5.75 Å². The number of hydrogen-bond acceptors (Lipinski definition) is 3. The van der Waals surface area contributed by atoms with Crippen molar-refractivity contribution in [3.8, 4) is 16.9 Å². The van der Waals surface area contributed by atoms with Gasteiger partial charge in [0.15, 0.2) is 11.6 Å². The fourth-order valence-corrected chi connectivity index (χ4v) is 2.21. The van der Waals surface area contributed by atoms with Crippen molar-refractivity contribution < 1.29 is 22.3 Å². The Hall–Kier alpha value is -2.28. The molecular weight excluding hydrogens is 300 g/mol. The van der Waals surface area contributed by atoms with E-state index in [4.69, 9.17) is 16.2 Å². The number of rotatable bonds is 3. The second-order valence-corrected chi connectivity index (χ2v) is 4.65. The molecule has 7 heteroatoms. The quantitative estimate of drug-likeness (QED) is 0.671. The molecule has 4 N–H and O–H groups in total. The summed E-state index contributed by atoms with van der Waals surface area (Å²) in [7, 11) is 1.12. The molecule has 0 saturated carbocycles. The van der Waals surface area contributed by atoms with Gasteiger partial charge in [-0.1, -0.05) is 30.3 Å². The zero-order valence-corrected chi connectivity index (χ0v) is 11.6. The topological polar surface area (TPSA) is 61.3 Å². The number of nitrogens with two attached hydrogens (primary N) is 2. The summed E-state index contributed by atoms with van der Waals surface area (Å²) in [4.78, 5) is 0. The van der Waals surface area contributed by atoms with Gasteiger partial charge in [-0.15, -0.1) is 0 Å². The lowest BCUT2D eigenvalue weighted by Gasteiger charge is -2.23. The van der Waals surface area contributed by atoms with Gasteiger partial charge in [-0.3, -0.25) is 0 Å². The third-order valence-electron chi connectivity index (χ3n) is 3.26. The van der Waals surface area contributed by atoms with Crippen molar-refractivity contribution in [2.75, 3.05) is 12.8 Å². The summed E-state index contributed by atoms with van der Waals surface area (Å²) in [5, 5.41) is 0. The van der Waals surface area contributed by atoms with Crippen molar-refractivity contribution in [2.45, 2.75) is 12.2 Å². The Morgan fingerprint density at radius 3 is 2.23 bits per heavy atom. The number of hydrogen-bond donors (Lipinski definition) is 2. The molecule has 0 aromatic heterocycles. The maximum Gasteiger partial charge on any atom is 0.407 e. The standard InChI is InChI=1S/C15H14F4N2O/c1-22-13-11(14(21)15(17,18)19)9(7-10(16)12(13)20)8-5-3-2-4-6-8/h2-7,14H,20-21H2,1H3. The van der Waals surface area contributed by atoms with Gasteiger partial charge < -0.3 is 16.2 Å². The average Bonchev–Trinajstić information content (AvgIpc) is 2.48. The highest BCUT2D eigenvalue weighted by Gasteiger charge is 2.41. The molecule has 118 valence electrons. The van der Waals surface area contributed by atoms with Crippen LogP contribution in [0.25, 0.3) is 11.1 Å². The van der Waals surface area contributed by atoms with Crippen LogP contribution in [0.4, 0.5) is 23.2 Å². The minimum atomic E-state index is -4.72. The fraction of sp³-hybridized carbons (Fsp3) is 0.200. The fourth-order valence-electron chi connectivity index (χ4n) is 2.21. The van der Waals surface area contributed by atoms with Gasteiger partial charge in [-0.2, -0.15) is 13.2 Å². The van der Waals surface area contributed by atoms with Gasteiger partial charge in [0.25, 0.3) is 0 Å². The molecule has 0 amide bonds. The summed E-state index contributed by atoms with van der Waals surface area (Å²) in [5.41, 5.74) is 10.3. The minimum absolute atomic E-state index is 0.00558. The SMILES string of the molecule is COc1c(N)c(F)cc(-c2ccccc2)c1C(N)C(F)(F)F. The normalized spacial score (nSPS) is 13.0. The van der Waals surface area contributed by atoms with Crippen LogP contribution in [-0.2, 0) is 0 Å². The molecule has 0 aliphatic carbocycles. The number of ether oxygens (including phenoxy) is 1. The first-order valence-corrected chi connectivity index (χ1v) is 6.31. The second kappa shape index (κ2) is 5.84. The van der Waals surface area contributed by atoms with Gasteiger partial charge in [0.1, 0.15) is 11.7 Å². The second-order valence-electron chi connectivity index (χ2n) is 4.65. The lowest BCUT2D eigenvalue weighted by Crippen LogP contribution is -2.29. The number of methoxy groups -OCH3 is 1. The van der Waals surface area contributed by atoms with E-state index < -0.39 is 29.5 Å². The molecule has 1 atom stereocenters. The van der Waals surface area contributed by atoms with Gasteiger partial charge in [-0.25, -0.2) is 4.39 Å². The summed E-state index contributed by atoms with van der Waals surface area (Å²) in [6.07, 6.45) is -4.72. The van der Waals surface area contributed by atoms with E-state index in [2.05, 4.69) is 0 Å². The van der Waals surface area contributed by atoms with Crippen LogP contribution in [0.2, 0.25) is 0 Å². The van der Waals surface area contributed by atoms with Crippen molar-refractivity contribution in [2.24, 2.45) is 5.73 Å². The highest BCUT2D eigenvalue weighted by atomic mass is 19.4. The molecule has 0 aliphatic heterocycles. The van der Waals surface area contributed by atoms with Crippen LogP contribution >= 0.6 is 0 Å². The van der Waals surface area contributed by atoms with E-state index in [1.165, 1.54) is 0 Å². The molecule has 22 heavy (non-hydrogen) atoms. The first-order valence-electron chi connectivity index (χ1n) is 6.31. The van der Waals surface area contributed by atoms with Crippen LogP contribution in [0.15, 0.2) is 36.4 Å². The first-order chi connectivity index (χ1) is 10.3. The Kier molecular flexibility index (Phi) is 4.27. The predicted molar refractivity (Wildman–Crippen MR) is 75.8 cm³/mol. The molecule has 2 aromatic carbocycles. The van der Waals surface area contributed by atoms with Crippen LogP contribution in [-0.4, -0.2) is 13.3 Å². The summed E-state index contributed by atoms with van der Waals surface area (Å²) in [5.74, 6) is -1.27. The molecule has 0 saturated heterocycles. The van der Waals surface area contributed by atoms with E-state index in [9.17, 15) is 17.6 Å². The lowest BCUT2D eigenvalue weighted by molar-refractivity contribution is -0.149. The molecule has 2 rings (SSSR count). The summed E-state index contributed by atoms with van der Waals surface area (Å²) in [6, 6.07) is 6.64. The number of nitrogen functional groups attached to an aromatic ring is 1. The van der Waals surface area contributed by atoms with Crippen LogP contribution in [0.1, 0.15) is 11.6 Å². The van der Waals surface area contributed by atoms with Crippen molar-refractivity contribution >= 4 is 5.69 Å². The van der Waals surface area contributed by atoms with E-state index in [1.54, 1.807) is 30.3 Å². The zero-order valence-electron chi connectivity index (χ0n) is 11.6. The Morgan fingerprint density at radius 1 is 1.14 bits per heavy atom. The predicted octanol–water partition coefficient (Wildman–Crippen LogP) is 3.65. The summed E-state index contributed by atoms with van der Waals surface area (Å²) < 4.78 is 58.0. The minimum Gasteiger partial charge on any atom is -0.494 e. The van der Waals surface area contributed by atoms with Crippen LogP contribution < -0.4 is 16.2 Å². The van der Waals surface area contributed by atoms with E-state index in [0.717, 1.165) is 13.2 Å². The van der Waals surface area contributed by atoms with Gasteiger partial charge in [-0.05, 0) is 17.2 Å². The van der Waals surface area contributed by atoms with Gasteiger partial charge in [0.05, 0.1) is 7.11 Å². The Bertz CT molecular complexity index is 671. The Balaban J connectivity index is 2.80. The molecule has 0 fully saturated rings. The van der Waals surface area contributed by atoms with Crippen molar-refractivity contribution in [3.05, 3.63) is 47.8 Å². The monoisotopic (exact) mass is 314 g/mol. The van der Waals surface area contributed by atoms with E-state index in [-0.39, 0.29) is 11.1 Å². The number of benzene rings is 2. The van der Waals surface area contributed by atoms with Gasteiger partial charge >= 0.3 is 6.18 Å². The molecule has 0 spiro atoms.